The molecule has 0 aliphatic heterocycles. The van der Waals surface area contributed by atoms with E-state index in [0.717, 1.165) is 39.2 Å². The van der Waals surface area contributed by atoms with Gasteiger partial charge in [-0.15, -0.1) is 0 Å². The lowest BCUT2D eigenvalue weighted by molar-refractivity contribution is -0.660. The number of aryl methyl sites for hydroxylation is 10. The summed E-state index contributed by atoms with van der Waals surface area (Å²) in [4.78, 5) is 0. The van der Waals surface area contributed by atoms with Crippen LogP contribution in [0.5, 0.6) is 0 Å². The maximum Gasteiger partial charge on any atom is 0.212 e. The molecule has 0 N–H and O–H groups in total. The van der Waals surface area contributed by atoms with Gasteiger partial charge in [0.15, 0.2) is 18.6 Å². The van der Waals surface area contributed by atoms with E-state index >= 15 is 0 Å². The lowest BCUT2D eigenvalue weighted by Gasteiger charge is -2.09. The molecule has 0 radical (unpaired) electrons. The van der Waals surface area contributed by atoms with Gasteiger partial charge in [0.05, 0.1) is 0 Å². The Morgan fingerprint density at radius 1 is 0.297 bits per heavy atom. The number of pyridine rings is 3. The van der Waals surface area contributed by atoms with Crippen molar-refractivity contribution in [1.82, 2.24) is 0 Å². The third-order valence-corrected chi connectivity index (χ3v) is 11.7. The van der Waals surface area contributed by atoms with E-state index in [1.165, 1.54) is 55.8 Å². The maximum atomic E-state index is 7.67. The average molecular weight is 843 g/mol. The molecule has 0 unspecified atom stereocenters. The van der Waals surface area contributed by atoms with Crippen LogP contribution < -0.4 is 13.7 Å². The zero-order valence-corrected chi connectivity index (χ0v) is 38.3. The number of rotatable bonds is 6. The summed E-state index contributed by atoms with van der Waals surface area (Å²) in [6, 6.07) is 60.5. The van der Waals surface area contributed by atoms with Crippen LogP contribution in [0, 0.1) is 48.3 Å². The summed E-state index contributed by atoms with van der Waals surface area (Å²) in [5, 5.41) is 0. The molecule has 0 fully saturated rings. The highest BCUT2D eigenvalue weighted by molar-refractivity contribution is 5.73. The van der Waals surface area contributed by atoms with E-state index in [-0.39, 0.29) is 0 Å². The van der Waals surface area contributed by atoms with Crippen LogP contribution in [-0.2, 0) is 21.1 Å². The van der Waals surface area contributed by atoms with E-state index in [1.807, 2.05) is 78.7 Å². The maximum absolute atomic E-state index is 7.67. The number of benzene rings is 6. The third kappa shape index (κ3) is 10.7. The summed E-state index contributed by atoms with van der Waals surface area (Å²) >= 11 is 0. The minimum Gasteiger partial charge on any atom is -0.201 e. The molecule has 0 aliphatic carbocycles. The molecule has 0 spiro atoms. The summed E-state index contributed by atoms with van der Waals surface area (Å²) in [5.74, 6) is 0. The minimum absolute atomic E-state index is 0.354. The Kier molecular flexibility index (Phi) is 11.8. The molecule has 6 aromatic carbocycles. The fourth-order valence-electron chi connectivity index (χ4n) is 8.21. The van der Waals surface area contributed by atoms with Crippen molar-refractivity contribution in [2.24, 2.45) is 21.1 Å². The van der Waals surface area contributed by atoms with E-state index in [0.29, 0.717) is 11.1 Å². The summed E-state index contributed by atoms with van der Waals surface area (Å²) in [6.45, 7) is 6.17. The van der Waals surface area contributed by atoms with Crippen molar-refractivity contribution in [2.45, 2.75) is 48.3 Å². The van der Waals surface area contributed by atoms with Gasteiger partial charge in [-0.05, 0) is 134 Å². The fourth-order valence-corrected chi connectivity index (χ4v) is 8.21. The molecule has 3 heteroatoms. The van der Waals surface area contributed by atoms with Gasteiger partial charge in [-0.25, -0.2) is 13.7 Å². The monoisotopic (exact) mass is 843 g/mol. The number of aromatic nitrogens is 3. The molecule has 64 heavy (non-hydrogen) atoms. The van der Waals surface area contributed by atoms with Crippen molar-refractivity contribution in [1.29, 1.82) is 0 Å². The second kappa shape index (κ2) is 20.3. The highest BCUT2D eigenvalue weighted by Crippen LogP contribution is 2.30. The minimum atomic E-state index is -2.09. The highest BCUT2D eigenvalue weighted by atomic mass is 14.9. The van der Waals surface area contributed by atoms with Gasteiger partial charge in [0.25, 0.3) is 0 Å². The predicted molar refractivity (Wildman–Crippen MR) is 269 cm³/mol. The first-order valence-electron chi connectivity index (χ1n) is 24.7. The number of nitrogens with zero attached hydrogens (tertiary/aromatic N) is 3. The van der Waals surface area contributed by atoms with Crippen molar-refractivity contribution in [3.05, 3.63) is 233 Å². The van der Waals surface area contributed by atoms with E-state index in [2.05, 4.69) is 167 Å². The molecule has 0 amide bonds. The van der Waals surface area contributed by atoms with Gasteiger partial charge in [-0.3, -0.25) is 0 Å². The van der Waals surface area contributed by atoms with E-state index < -0.39 is 13.7 Å². The van der Waals surface area contributed by atoms with E-state index in [9.17, 15) is 0 Å². The van der Waals surface area contributed by atoms with Crippen molar-refractivity contribution < 1.29 is 21.9 Å². The fraction of sp³-hybridized carbons (Fsp3) is 0.164. The lowest BCUT2D eigenvalue weighted by atomic mass is 9.97. The quantitative estimate of drug-likeness (QED) is 0.148. The number of hydrogen-bond acceptors (Lipinski definition) is 0. The standard InChI is InChI=1S/C21H22N.2C20H20N/c1-15-13-21(22(4)14-17(15)3)20-11-10-19(12-16(20)2)18-8-6-5-7-9-18;2*1-15-9-12-20(21(3)14-15)19-11-10-18(13-16(19)2)17-7-5-4-6-8-17/h5-14H,1-4H3;2*4-14H,1-3H3/q3*+1/i3D3;1D3;. The summed E-state index contributed by atoms with van der Waals surface area (Å²) < 4.78 is 51.6. The zero-order chi connectivity index (χ0) is 50.3. The first-order chi connectivity index (χ1) is 33.3. The average Bonchev–Trinajstić information content (AvgIpc) is 3.33. The topological polar surface area (TPSA) is 11.6 Å². The first kappa shape index (κ1) is 37.3. The molecule has 0 atom stereocenters. The summed E-state index contributed by atoms with van der Waals surface area (Å²) in [6.07, 6.45) is 5.58. The Labute approximate surface area is 390 Å². The molecule has 0 saturated heterocycles. The Morgan fingerprint density at radius 2 is 0.672 bits per heavy atom. The van der Waals surface area contributed by atoms with Crippen molar-refractivity contribution in [3.63, 3.8) is 0 Å². The van der Waals surface area contributed by atoms with Crippen LogP contribution in [0.3, 0.4) is 0 Å². The van der Waals surface area contributed by atoms with Crippen molar-refractivity contribution in [3.8, 4) is 67.2 Å². The molecular weight excluding hydrogens is 775 g/mol. The molecule has 9 aromatic rings. The SMILES string of the molecule is Cc1ccc(-c2ccc(-c3ccccc3)cc2C)[n+](C)c1.[2H]C([2H])([2H])c1c[n+](C)c(-c2ccc(-c3ccccc3)cc2C)cc1C.[2H]C([2H])([2H])c1ccc(-c2ccc(-c3ccccc3)cc2C)[n+](C)c1. The second-order valence-corrected chi connectivity index (χ2v) is 16.7. The molecule has 0 saturated carbocycles. The van der Waals surface area contributed by atoms with Crippen LogP contribution >= 0.6 is 0 Å². The van der Waals surface area contributed by atoms with Crippen LogP contribution in [0.1, 0.15) is 47.2 Å². The van der Waals surface area contributed by atoms with Crippen LogP contribution in [0.2, 0.25) is 0 Å². The van der Waals surface area contributed by atoms with E-state index in [1.54, 1.807) is 18.5 Å². The Morgan fingerprint density at radius 3 is 1.05 bits per heavy atom. The van der Waals surface area contributed by atoms with Gasteiger partial charge >= 0.3 is 0 Å². The lowest BCUT2D eigenvalue weighted by Crippen LogP contribution is -2.31. The predicted octanol–water partition coefficient (Wildman–Crippen LogP) is 13.7. The van der Waals surface area contributed by atoms with Crippen molar-refractivity contribution >= 4 is 0 Å². The van der Waals surface area contributed by atoms with Gasteiger partial charge in [-0.2, -0.15) is 0 Å². The van der Waals surface area contributed by atoms with Gasteiger partial charge in [0.1, 0.15) is 21.1 Å². The molecule has 3 aromatic heterocycles. The smallest absolute Gasteiger partial charge is 0.201 e. The van der Waals surface area contributed by atoms with Crippen LogP contribution in [0.25, 0.3) is 67.2 Å². The summed E-state index contributed by atoms with van der Waals surface area (Å²) in [5.41, 5.74) is 20.5. The largest absolute Gasteiger partial charge is 0.212 e. The first-order valence-corrected chi connectivity index (χ1v) is 21.7. The molecular formula is C61H62N3+3. The molecule has 0 bridgehead atoms. The summed E-state index contributed by atoms with van der Waals surface area (Å²) in [7, 11) is 5.89. The van der Waals surface area contributed by atoms with Crippen LogP contribution in [0.15, 0.2) is 195 Å². The second-order valence-electron chi connectivity index (χ2n) is 16.7. The van der Waals surface area contributed by atoms with E-state index in [4.69, 9.17) is 8.22 Å². The van der Waals surface area contributed by atoms with Gasteiger partial charge in [0, 0.05) is 59.8 Å². The van der Waals surface area contributed by atoms with Crippen LogP contribution in [-0.4, -0.2) is 0 Å². The third-order valence-electron chi connectivity index (χ3n) is 11.7. The highest BCUT2D eigenvalue weighted by Gasteiger charge is 2.16. The van der Waals surface area contributed by atoms with Crippen LogP contribution in [0.4, 0.5) is 0 Å². The van der Waals surface area contributed by atoms with Gasteiger partial charge < -0.3 is 0 Å². The van der Waals surface area contributed by atoms with Gasteiger partial charge in [-0.1, -0.05) is 127 Å². The Hall–Kier alpha value is -7.23. The molecule has 3 heterocycles. The van der Waals surface area contributed by atoms with Gasteiger partial charge in [0.2, 0.25) is 17.1 Å². The number of hydrogen-bond donors (Lipinski definition) is 0. The zero-order valence-electron chi connectivity index (χ0n) is 44.3. The van der Waals surface area contributed by atoms with Crippen molar-refractivity contribution in [2.75, 3.05) is 0 Å². The molecule has 0 aliphatic rings. The normalized spacial score (nSPS) is 12.4. The Balaban J connectivity index is 0.000000155. The Bertz CT molecular complexity index is 3250. The molecule has 3 nitrogen and oxygen atoms in total. The molecule has 9 rings (SSSR count). The molecule has 318 valence electrons.